The van der Waals surface area contributed by atoms with Crippen LogP contribution in [0.5, 0.6) is 5.75 Å². The van der Waals surface area contributed by atoms with Crippen molar-refractivity contribution in [2.75, 3.05) is 12.4 Å². The fraction of sp³-hybridized carbons (Fsp3) is 0.0625. The molecule has 0 aliphatic heterocycles. The average Bonchev–Trinajstić information content (AvgIpc) is 3.32. The zero-order valence-corrected chi connectivity index (χ0v) is 13.3. The van der Waals surface area contributed by atoms with Crippen molar-refractivity contribution in [3.8, 4) is 17.3 Å². The summed E-state index contributed by atoms with van der Waals surface area (Å²) >= 11 is 1.35. The van der Waals surface area contributed by atoms with E-state index in [1.165, 1.54) is 24.0 Å². The number of aromatic nitrogens is 2. The predicted octanol–water partition coefficient (Wildman–Crippen LogP) is 3.81. The number of hydrogen-bond donors (Lipinski definition) is 1. The van der Waals surface area contributed by atoms with Crippen molar-refractivity contribution >= 4 is 32.6 Å². The number of amides is 1. The lowest BCUT2D eigenvalue weighted by atomic mass is 10.2. The second kappa shape index (κ2) is 5.82. The first-order chi connectivity index (χ1) is 11.7. The number of nitrogens with zero attached hydrogens (tertiary/aromatic N) is 2. The Kier molecular flexibility index (Phi) is 3.51. The van der Waals surface area contributed by atoms with Gasteiger partial charge in [0.05, 0.1) is 23.6 Å². The number of oxazole rings is 1. The van der Waals surface area contributed by atoms with E-state index >= 15 is 0 Å². The van der Waals surface area contributed by atoms with E-state index in [0.29, 0.717) is 10.9 Å². The van der Waals surface area contributed by atoms with Gasteiger partial charge in [-0.3, -0.25) is 10.1 Å². The fourth-order valence-corrected chi connectivity index (χ4v) is 3.12. The Morgan fingerprint density at radius 2 is 2.21 bits per heavy atom. The SMILES string of the molecule is COc1ccc2nc(NC(=O)c3ncoc3-c3ccco3)sc2c1. The molecule has 3 heterocycles. The van der Waals surface area contributed by atoms with Crippen molar-refractivity contribution in [2.24, 2.45) is 0 Å². The van der Waals surface area contributed by atoms with Crippen molar-refractivity contribution in [1.82, 2.24) is 9.97 Å². The molecule has 0 unspecified atom stereocenters. The van der Waals surface area contributed by atoms with Crippen molar-refractivity contribution in [3.63, 3.8) is 0 Å². The standard InChI is InChI=1S/C16H11N3O4S/c1-21-9-4-5-10-12(7-9)24-16(18-10)19-15(20)13-14(23-8-17-13)11-3-2-6-22-11/h2-8H,1H3,(H,18,19,20). The molecule has 7 nitrogen and oxygen atoms in total. The largest absolute Gasteiger partial charge is 0.497 e. The summed E-state index contributed by atoms with van der Waals surface area (Å²) in [5.74, 6) is 1.04. The smallest absolute Gasteiger partial charge is 0.280 e. The topological polar surface area (TPSA) is 90.4 Å². The van der Waals surface area contributed by atoms with Gasteiger partial charge in [0.1, 0.15) is 5.75 Å². The lowest BCUT2D eigenvalue weighted by molar-refractivity contribution is 0.102. The molecule has 24 heavy (non-hydrogen) atoms. The molecule has 3 aromatic heterocycles. The number of anilines is 1. The first kappa shape index (κ1) is 14.5. The lowest BCUT2D eigenvalue weighted by Crippen LogP contribution is -2.13. The summed E-state index contributed by atoms with van der Waals surface area (Å²) in [5, 5.41) is 3.21. The molecule has 0 radical (unpaired) electrons. The number of furan rings is 1. The summed E-state index contributed by atoms with van der Waals surface area (Å²) < 4.78 is 16.6. The van der Waals surface area contributed by atoms with E-state index in [2.05, 4.69) is 15.3 Å². The minimum atomic E-state index is -0.416. The van der Waals surface area contributed by atoms with Crippen LogP contribution >= 0.6 is 11.3 Å². The van der Waals surface area contributed by atoms with Crippen LogP contribution in [0.4, 0.5) is 5.13 Å². The molecule has 120 valence electrons. The Balaban J connectivity index is 1.62. The number of rotatable bonds is 4. The zero-order valence-electron chi connectivity index (χ0n) is 12.5. The van der Waals surface area contributed by atoms with Crippen molar-refractivity contribution in [1.29, 1.82) is 0 Å². The Bertz CT molecular complexity index is 1000. The van der Waals surface area contributed by atoms with Crippen LogP contribution in [0.15, 0.2) is 51.8 Å². The minimum absolute atomic E-state index is 0.141. The first-order valence-electron chi connectivity index (χ1n) is 6.98. The van der Waals surface area contributed by atoms with Gasteiger partial charge in [-0.05, 0) is 30.3 Å². The number of carbonyl (C=O) groups excluding carboxylic acids is 1. The molecule has 0 saturated carbocycles. The highest BCUT2D eigenvalue weighted by molar-refractivity contribution is 7.22. The highest BCUT2D eigenvalue weighted by atomic mass is 32.1. The number of hydrogen-bond acceptors (Lipinski definition) is 7. The molecule has 0 fully saturated rings. The summed E-state index contributed by atoms with van der Waals surface area (Å²) in [6.07, 6.45) is 2.70. The number of thiazole rings is 1. The van der Waals surface area contributed by atoms with Gasteiger partial charge in [-0.2, -0.15) is 0 Å². The molecule has 1 amide bonds. The van der Waals surface area contributed by atoms with Gasteiger partial charge >= 0.3 is 0 Å². The second-order valence-corrected chi connectivity index (χ2v) is 5.84. The normalized spacial score (nSPS) is 10.9. The van der Waals surface area contributed by atoms with Gasteiger partial charge in [0.2, 0.25) is 5.76 Å². The molecule has 0 saturated heterocycles. The third kappa shape index (κ3) is 2.52. The molecule has 4 rings (SSSR count). The Morgan fingerprint density at radius 3 is 3.00 bits per heavy atom. The monoisotopic (exact) mass is 341 g/mol. The molecular formula is C16H11N3O4S. The summed E-state index contributed by atoms with van der Waals surface area (Å²) in [6.45, 7) is 0. The third-order valence-corrected chi connectivity index (χ3v) is 4.28. The third-order valence-electron chi connectivity index (χ3n) is 3.34. The maximum absolute atomic E-state index is 12.5. The lowest BCUT2D eigenvalue weighted by Gasteiger charge is -1.99. The summed E-state index contributed by atoms with van der Waals surface area (Å²) in [5.41, 5.74) is 0.921. The number of nitrogens with one attached hydrogen (secondary N) is 1. The molecule has 0 atom stereocenters. The minimum Gasteiger partial charge on any atom is -0.497 e. The molecule has 0 aliphatic carbocycles. The van der Waals surface area contributed by atoms with Gasteiger partial charge in [0, 0.05) is 0 Å². The zero-order chi connectivity index (χ0) is 16.5. The maximum Gasteiger partial charge on any atom is 0.280 e. The number of ether oxygens (including phenoxy) is 1. The van der Waals surface area contributed by atoms with Gasteiger partial charge in [0.15, 0.2) is 23.0 Å². The molecule has 1 N–H and O–H groups in total. The van der Waals surface area contributed by atoms with Gasteiger partial charge in [-0.15, -0.1) is 0 Å². The van der Waals surface area contributed by atoms with Crippen molar-refractivity contribution in [3.05, 3.63) is 48.7 Å². The molecule has 1 aromatic carbocycles. The summed E-state index contributed by atoms with van der Waals surface area (Å²) in [4.78, 5) is 20.8. The number of benzene rings is 1. The summed E-state index contributed by atoms with van der Waals surface area (Å²) in [7, 11) is 1.60. The van der Waals surface area contributed by atoms with Crippen molar-refractivity contribution < 1.29 is 18.4 Å². The van der Waals surface area contributed by atoms with Gasteiger partial charge in [-0.1, -0.05) is 11.3 Å². The van der Waals surface area contributed by atoms with Crippen LogP contribution < -0.4 is 10.1 Å². The van der Waals surface area contributed by atoms with Crippen LogP contribution in [0.25, 0.3) is 21.7 Å². The maximum atomic E-state index is 12.5. The van der Waals surface area contributed by atoms with Gasteiger partial charge < -0.3 is 13.6 Å². The number of fused-ring (bicyclic) bond motifs is 1. The molecule has 0 spiro atoms. The summed E-state index contributed by atoms with van der Waals surface area (Å²) in [6, 6.07) is 8.93. The van der Waals surface area contributed by atoms with E-state index in [4.69, 9.17) is 13.6 Å². The number of carbonyl (C=O) groups is 1. The van der Waals surface area contributed by atoms with E-state index in [-0.39, 0.29) is 11.5 Å². The van der Waals surface area contributed by atoms with Crippen LogP contribution in [0.1, 0.15) is 10.5 Å². The predicted molar refractivity (Wildman–Crippen MR) is 88.3 cm³/mol. The fourth-order valence-electron chi connectivity index (χ4n) is 2.23. The Labute approximate surface area is 139 Å². The van der Waals surface area contributed by atoms with Crippen LogP contribution in [0, 0.1) is 0 Å². The van der Waals surface area contributed by atoms with E-state index in [1.807, 2.05) is 18.2 Å². The average molecular weight is 341 g/mol. The van der Waals surface area contributed by atoms with Crippen LogP contribution in [-0.4, -0.2) is 23.0 Å². The first-order valence-corrected chi connectivity index (χ1v) is 7.79. The Hall–Kier alpha value is -3.13. The van der Waals surface area contributed by atoms with E-state index in [0.717, 1.165) is 16.0 Å². The molecule has 0 aliphatic rings. The Morgan fingerprint density at radius 1 is 1.29 bits per heavy atom. The van der Waals surface area contributed by atoms with Crippen molar-refractivity contribution in [2.45, 2.75) is 0 Å². The van der Waals surface area contributed by atoms with Crippen LogP contribution in [0.3, 0.4) is 0 Å². The molecular weight excluding hydrogens is 330 g/mol. The highest BCUT2D eigenvalue weighted by Crippen LogP contribution is 2.30. The van der Waals surface area contributed by atoms with Gasteiger partial charge in [-0.25, -0.2) is 9.97 Å². The second-order valence-electron chi connectivity index (χ2n) is 4.81. The van der Waals surface area contributed by atoms with Crippen LogP contribution in [0.2, 0.25) is 0 Å². The molecule has 4 aromatic rings. The molecule has 8 heteroatoms. The van der Waals surface area contributed by atoms with Gasteiger partial charge in [0.25, 0.3) is 5.91 Å². The number of methoxy groups -OCH3 is 1. The molecule has 0 bridgehead atoms. The quantitative estimate of drug-likeness (QED) is 0.607. The van der Waals surface area contributed by atoms with Crippen LogP contribution in [-0.2, 0) is 0 Å². The highest BCUT2D eigenvalue weighted by Gasteiger charge is 2.21. The van der Waals surface area contributed by atoms with E-state index < -0.39 is 5.91 Å². The van der Waals surface area contributed by atoms with E-state index in [1.54, 1.807) is 19.2 Å². The van der Waals surface area contributed by atoms with E-state index in [9.17, 15) is 4.79 Å².